The fourth-order valence-electron chi connectivity index (χ4n) is 0.377. The quantitative estimate of drug-likeness (QED) is 0.362. The molecule has 0 aliphatic rings. The number of tetrazole rings is 1. The van der Waals surface area contributed by atoms with E-state index < -0.39 is 0 Å². The van der Waals surface area contributed by atoms with Crippen molar-refractivity contribution in [3.63, 3.8) is 0 Å². The Balaban J connectivity index is 0.000000120. The number of anilines is 2. The van der Waals surface area contributed by atoms with Crippen LogP contribution in [0.5, 0.6) is 0 Å². The maximum absolute atomic E-state index is 5.07. The van der Waals surface area contributed by atoms with E-state index in [2.05, 4.69) is 36.0 Å². The molecule has 6 N–H and O–H groups in total. The Bertz CT molecular complexity index is 249. The molecule has 9 heteroatoms. The molecule has 2 aromatic rings. The van der Waals surface area contributed by atoms with Gasteiger partial charge in [0.1, 0.15) is 0 Å². The molecule has 64 valence electrons. The molecule has 0 unspecified atom stereocenters. The van der Waals surface area contributed by atoms with E-state index in [4.69, 9.17) is 11.5 Å². The zero-order valence-electron chi connectivity index (χ0n) is 5.97. The van der Waals surface area contributed by atoms with E-state index in [1.54, 1.807) is 0 Å². The zero-order valence-corrected chi connectivity index (χ0v) is 5.97. The molecule has 2 heterocycles. The van der Waals surface area contributed by atoms with Gasteiger partial charge in [-0.15, -0.1) is 5.10 Å². The van der Waals surface area contributed by atoms with E-state index in [-0.39, 0.29) is 5.95 Å². The van der Waals surface area contributed by atoms with Crippen molar-refractivity contribution in [2.75, 3.05) is 11.5 Å². The van der Waals surface area contributed by atoms with Crippen LogP contribution in [0.4, 0.5) is 11.8 Å². The minimum atomic E-state index is 0.245. The molecule has 0 aliphatic carbocycles. The Morgan fingerprint density at radius 1 is 1.17 bits per heavy atom. The Hall–Kier alpha value is -2.19. The van der Waals surface area contributed by atoms with Crippen LogP contribution in [-0.4, -0.2) is 36.0 Å². The molecule has 0 aliphatic heterocycles. The maximum atomic E-state index is 5.07. The first kappa shape index (κ1) is 7.91. The number of nitrogens with zero attached hydrogens (tertiary/aromatic N) is 5. The van der Waals surface area contributed by atoms with Gasteiger partial charge in [-0.2, -0.15) is 0 Å². The van der Waals surface area contributed by atoms with Crippen molar-refractivity contribution >= 4 is 11.8 Å². The highest BCUT2D eigenvalue weighted by Crippen LogP contribution is 1.81. The first-order valence-corrected chi connectivity index (χ1v) is 2.90. The van der Waals surface area contributed by atoms with Crippen molar-refractivity contribution < 1.29 is 0 Å². The van der Waals surface area contributed by atoms with Gasteiger partial charge in [0.05, 0.1) is 6.20 Å². The number of H-pyrrole nitrogens is 2. The number of hydrogen-bond donors (Lipinski definition) is 4. The monoisotopic (exact) mass is 169 g/mol. The van der Waals surface area contributed by atoms with Crippen molar-refractivity contribution in [3.05, 3.63) is 6.20 Å². The first-order valence-electron chi connectivity index (χ1n) is 2.90. The Kier molecular flexibility index (Phi) is 2.54. The van der Waals surface area contributed by atoms with E-state index in [9.17, 15) is 0 Å². The Morgan fingerprint density at radius 3 is 2.17 bits per heavy atom. The molecular formula is C3H7N9. The van der Waals surface area contributed by atoms with Crippen LogP contribution in [0.15, 0.2) is 6.20 Å². The number of aromatic nitrogens is 7. The average molecular weight is 169 g/mol. The third-order valence-corrected chi connectivity index (χ3v) is 0.797. The summed E-state index contributed by atoms with van der Waals surface area (Å²) >= 11 is 0. The van der Waals surface area contributed by atoms with E-state index in [1.807, 2.05) is 0 Å². The van der Waals surface area contributed by atoms with Gasteiger partial charge in [0, 0.05) is 0 Å². The number of nitrogens with two attached hydrogens (primary N) is 2. The highest BCUT2D eigenvalue weighted by Gasteiger charge is 1.78. The highest BCUT2D eigenvalue weighted by atomic mass is 15.5. The molecule has 0 atom stereocenters. The summed E-state index contributed by atoms with van der Waals surface area (Å²) in [5.74, 6) is 0.671. The topological polar surface area (TPSA) is 148 Å². The predicted octanol–water partition coefficient (Wildman–Crippen LogP) is -1.83. The zero-order chi connectivity index (χ0) is 8.81. The van der Waals surface area contributed by atoms with Gasteiger partial charge >= 0.3 is 0 Å². The van der Waals surface area contributed by atoms with Gasteiger partial charge in [-0.05, 0) is 10.4 Å². The third-order valence-electron chi connectivity index (χ3n) is 0.797. The summed E-state index contributed by atoms with van der Waals surface area (Å²) in [6, 6.07) is 0. The van der Waals surface area contributed by atoms with Crippen LogP contribution in [0.2, 0.25) is 0 Å². The molecular weight excluding hydrogens is 162 g/mol. The molecule has 0 radical (unpaired) electrons. The van der Waals surface area contributed by atoms with Gasteiger partial charge in [0.15, 0.2) is 5.82 Å². The molecule has 0 saturated heterocycles. The average Bonchev–Trinajstić information content (AvgIpc) is 2.63. The van der Waals surface area contributed by atoms with Crippen molar-refractivity contribution in [1.29, 1.82) is 0 Å². The molecule has 0 bridgehead atoms. The summed E-state index contributed by atoms with van der Waals surface area (Å²) in [5.41, 5.74) is 10.1. The predicted molar refractivity (Wildman–Crippen MR) is 39.4 cm³/mol. The summed E-state index contributed by atoms with van der Waals surface area (Å²) < 4.78 is 0. The van der Waals surface area contributed by atoms with Crippen LogP contribution in [0.25, 0.3) is 0 Å². The van der Waals surface area contributed by atoms with E-state index in [0.29, 0.717) is 5.82 Å². The Labute approximate surface area is 66.5 Å². The molecule has 9 nitrogen and oxygen atoms in total. The fraction of sp³-hybridized carbons (Fsp3) is 0. The second kappa shape index (κ2) is 3.85. The highest BCUT2D eigenvalue weighted by molar-refractivity contribution is 5.18. The van der Waals surface area contributed by atoms with Crippen LogP contribution in [0.3, 0.4) is 0 Å². The lowest BCUT2D eigenvalue weighted by atomic mass is 10.8. The third kappa shape index (κ3) is 2.60. The van der Waals surface area contributed by atoms with Crippen LogP contribution in [-0.2, 0) is 0 Å². The fourth-order valence-corrected chi connectivity index (χ4v) is 0.377. The van der Waals surface area contributed by atoms with E-state index in [0.717, 1.165) is 0 Å². The number of aromatic amines is 2. The van der Waals surface area contributed by atoms with Crippen molar-refractivity contribution in [1.82, 2.24) is 36.0 Å². The lowest BCUT2D eigenvalue weighted by Crippen LogP contribution is -1.84. The number of rotatable bonds is 0. The molecule has 0 amide bonds. The summed E-state index contributed by atoms with van der Waals surface area (Å²) in [4.78, 5) is 0. The summed E-state index contributed by atoms with van der Waals surface area (Å²) in [7, 11) is 0. The van der Waals surface area contributed by atoms with Crippen LogP contribution < -0.4 is 11.5 Å². The van der Waals surface area contributed by atoms with E-state index in [1.165, 1.54) is 6.20 Å². The minimum Gasteiger partial charge on any atom is -0.381 e. The lowest BCUT2D eigenvalue weighted by molar-refractivity contribution is 0.881. The van der Waals surface area contributed by atoms with Crippen molar-refractivity contribution in [2.45, 2.75) is 0 Å². The summed E-state index contributed by atoms with van der Waals surface area (Å²) in [5, 5.41) is 21.1. The molecule has 0 saturated carbocycles. The van der Waals surface area contributed by atoms with Crippen LogP contribution in [0, 0.1) is 0 Å². The maximum Gasteiger partial charge on any atom is 0.237 e. The van der Waals surface area contributed by atoms with Gasteiger partial charge < -0.3 is 11.5 Å². The molecule has 0 aromatic carbocycles. The van der Waals surface area contributed by atoms with Gasteiger partial charge in [-0.1, -0.05) is 10.3 Å². The first-order chi connectivity index (χ1) is 5.79. The molecule has 0 spiro atoms. The largest absolute Gasteiger partial charge is 0.381 e. The second-order valence-corrected chi connectivity index (χ2v) is 1.68. The summed E-state index contributed by atoms with van der Waals surface area (Å²) in [6.07, 6.45) is 1.51. The van der Waals surface area contributed by atoms with E-state index >= 15 is 0 Å². The minimum absolute atomic E-state index is 0.245. The van der Waals surface area contributed by atoms with Gasteiger partial charge in [-0.3, -0.25) is 5.10 Å². The Morgan fingerprint density at radius 2 is 2.00 bits per heavy atom. The number of nitrogens with one attached hydrogen (secondary N) is 2. The number of hydrogen-bond acceptors (Lipinski definition) is 7. The van der Waals surface area contributed by atoms with Gasteiger partial charge in [0.25, 0.3) is 0 Å². The number of nitrogen functional groups attached to an aromatic ring is 2. The lowest BCUT2D eigenvalue weighted by Gasteiger charge is -1.65. The van der Waals surface area contributed by atoms with Crippen LogP contribution >= 0.6 is 0 Å². The van der Waals surface area contributed by atoms with Crippen LogP contribution in [0.1, 0.15) is 0 Å². The second-order valence-electron chi connectivity index (χ2n) is 1.68. The molecule has 2 aromatic heterocycles. The molecule has 0 fully saturated rings. The van der Waals surface area contributed by atoms with Crippen molar-refractivity contribution in [2.24, 2.45) is 0 Å². The van der Waals surface area contributed by atoms with Gasteiger partial charge in [-0.25, -0.2) is 5.10 Å². The van der Waals surface area contributed by atoms with Gasteiger partial charge in [0.2, 0.25) is 5.95 Å². The van der Waals surface area contributed by atoms with Crippen molar-refractivity contribution in [3.8, 4) is 0 Å². The normalized spacial score (nSPS) is 8.67. The smallest absolute Gasteiger partial charge is 0.237 e. The SMILES string of the molecule is Nc1c[nH]nn1.Nc1nnn[nH]1. The summed E-state index contributed by atoms with van der Waals surface area (Å²) in [6.45, 7) is 0. The standard InChI is InChI=1S/C2H4N4.CH3N5/c3-2-1-4-6-5-2;2-1-3-5-6-4-1/h1H,(H3,3,4,5,6);(H3,2,3,4,5,6). The molecule has 12 heavy (non-hydrogen) atoms. The molecule has 2 rings (SSSR count).